The van der Waals surface area contributed by atoms with E-state index >= 15 is 0 Å². The van der Waals surface area contributed by atoms with Crippen molar-refractivity contribution >= 4 is 17.2 Å². The summed E-state index contributed by atoms with van der Waals surface area (Å²) in [7, 11) is 1.88. The maximum atomic E-state index is 13.2. The summed E-state index contributed by atoms with van der Waals surface area (Å²) in [6.45, 7) is 2.48. The first kappa shape index (κ1) is 16.0. The summed E-state index contributed by atoms with van der Waals surface area (Å²) < 4.78 is 3.53. The predicted molar refractivity (Wildman–Crippen MR) is 97.7 cm³/mol. The fourth-order valence-electron chi connectivity index (χ4n) is 4.08. The summed E-state index contributed by atoms with van der Waals surface area (Å²) in [5.41, 5.74) is 2.46. The fourth-order valence-corrected chi connectivity index (χ4v) is 4.08. The zero-order valence-electron chi connectivity index (χ0n) is 15.3. The van der Waals surface area contributed by atoms with Crippen LogP contribution in [0.1, 0.15) is 25.0 Å². The number of nitrogens with zero attached hydrogens (tertiary/aromatic N) is 7. The van der Waals surface area contributed by atoms with Gasteiger partial charge in [-0.2, -0.15) is 15.5 Å². The summed E-state index contributed by atoms with van der Waals surface area (Å²) in [5, 5.41) is 18.4. The quantitative estimate of drug-likeness (QED) is 0.712. The van der Waals surface area contributed by atoms with Crippen LogP contribution >= 0.6 is 0 Å². The van der Waals surface area contributed by atoms with Gasteiger partial charge >= 0.3 is 0 Å². The molecule has 1 amide bonds. The second-order valence-corrected chi connectivity index (χ2v) is 7.44. The van der Waals surface area contributed by atoms with Crippen LogP contribution in [0, 0.1) is 29.6 Å². The van der Waals surface area contributed by atoms with Gasteiger partial charge in [0, 0.05) is 24.8 Å². The Hall–Kier alpha value is -3.21. The summed E-state index contributed by atoms with van der Waals surface area (Å²) in [4.78, 5) is 19.7. The summed E-state index contributed by atoms with van der Waals surface area (Å²) in [5.74, 6) is 0.629. The number of rotatable bonds is 3. The first-order valence-electron chi connectivity index (χ1n) is 9.12. The van der Waals surface area contributed by atoms with Crippen molar-refractivity contribution < 1.29 is 4.79 Å². The summed E-state index contributed by atoms with van der Waals surface area (Å²) in [6, 6.07) is 4.18. The van der Waals surface area contributed by atoms with Gasteiger partial charge in [-0.25, -0.2) is 9.50 Å². The molecule has 2 aliphatic rings. The molecular formula is C19H19N7O. The number of aryl methyl sites for hydroxylation is 1. The van der Waals surface area contributed by atoms with Crippen LogP contribution < -0.4 is 4.90 Å². The Bertz CT molecular complexity index is 1120. The second-order valence-electron chi connectivity index (χ2n) is 7.44. The molecule has 5 rings (SSSR count). The smallest absolute Gasteiger partial charge is 0.249 e. The topological polar surface area (TPSA) is 92.1 Å². The molecule has 3 aromatic rings. The fraction of sp³-hybridized carbons (Fsp3) is 0.421. The maximum absolute atomic E-state index is 13.2. The number of aromatic nitrogens is 5. The second kappa shape index (κ2) is 5.39. The van der Waals surface area contributed by atoms with E-state index in [9.17, 15) is 10.1 Å². The molecule has 0 radical (unpaired) electrons. The van der Waals surface area contributed by atoms with E-state index in [2.05, 4.69) is 16.3 Å². The Balaban J connectivity index is 1.65. The Morgan fingerprint density at radius 2 is 2.15 bits per heavy atom. The molecule has 0 spiro atoms. The molecule has 2 fully saturated rings. The number of amides is 1. The molecule has 8 heteroatoms. The zero-order chi connectivity index (χ0) is 18.8. The number of nitriles is 1. The van der Waals surface area contributed by atoms with E-state index < -0.39 is 5.41 Å². The number of hydrogen-bond donors (Lipinski definition) is 0. The SMILES string of the molecule is Cc1c(-c2cn3nccc3c(N3CC[C@@](C#N)(C4CC4)C3=O)n2)cnn1C. The van der Waals surface area contributed by atoms with E-state index in [1.54, 1.807) is 26.5 Å². The highest BCUT2D eigenvalue weighted by molar-refractivity contribution is 6.04. The van der Waals surface area contributed by atoms with Crippen molar-refractivity contribution in [1.29, 1.82) is 5.26 Å². The number of carbonyl (C=O) groups is 1. The lowest BCUT2D eigenvalue weighted by Crippen LogP contribution is -2.36. The Morgan fingerprint density at radius 3 is 2.81 bits per heavy atom. The molecule has 0 unspecified atom stereocenters. The first-order chi connectivity index (χ1) is 13.0. The monoisotopic (exact) mass is 361 g/mol. The van der Waals surface area contributed by atoms with Crippen molar-refractivity contribution in [2.45, 2.75) is 26.2 Å². The number of fused-ring (bicyclic) bond motifs is 1. The van der Waals surface area contributed by atoms with Crippen LogP contribution in [-0.2, 0) is 11.8 Å². The van der Waals surface area contributed by atoms with Crippen molar-refractivity contribution in [3.8, 4) is 17.3 Å². The third-order valence-electron chi connectivity index (χ3n) is 5.97. The summed E-state index contributed by atoms with van der Waals surface area (Å²) >= 11 is 0. The van der Waals surface area contributed by atoms with Gasteiger partial charge in [-0.15, -0.1) is 0 Å². The highest BCUT2D eigenvalue weighted by Gasteiger charge is 2.57. The van der Waals surface area contributed by atoms with Crippen molar-refractivity contribution in [1.82, 2.24) is 24.4 Å². The van der Waals surface area contributed by atoms with Crippen molar-refractivity contribution in [3.63, 3.8) is 0 Å². The average molecular weight is 361 g/mol. The van der Waals surface area contributed by atoms with Gasteiger partial charge in [0.1, 0.15) is 10.9 Å². The van der Waals surface area contributed by atoms with Gasteiger partial charge in [-0.05, 0) is 38.2 Å². The van der Waals surface area contributed by atoms with E-state index in [1.807, 2.05) is 26.2 Å². The zero-order valence-corrected chi connectivity index (χ0v) is 15.3. The standard InChI is InChI=1S/C19H19N7O/c1-12-14(9-22-24(12)2)15-10-26-16(5-7-21-26)17(23-15)25-8-6-19(11-20,18(25)27)13-3-4-13/h5,7,9-10,13H,3-4,6,8H2,1-2H3/t19-/m1/s1. The largest absolute Gasteiger partial charge is 0.294 e. The van der Waals surface area contributed by atoms with Crippen LogP contribution in [0.2, 0.25) is 0 Å². The third-order valence-corrected chi connectivity index (χ3v) is 5.97. The van der Waals surface area contributed by atoms with E-state index in [4.69, 9.17) is 4.98 Å². The highest BCUT2D eigenvalue weighted by Crippen LogP contribution is 2.52. The number of carbonyl (C=O) groups excluding carboxylic acids is 1. The maximum Gasteiger partial charge on any atom is 0.249 e. The van der Waals surface area contributed by atoms with Gasteiger partial charge in [-0.3, -0.25) is 14.4 Å². The molecule has 3 aromatic heterocycles. The molecule has 27 heavy (non-hydrogen) atoms. The minimum Gasteiger partial charge on any atom is -0.294 e. The van der Waals surface area contributed by atoms with E-state index in [-0.39, 0.29) is 11.8 Å². The lowest BCUT2D eigenvalue weighted by atomic mass is 9.83. The average Bonchev–Trinajstić information content (AvgIpc) is 3.19. The molecule has 0 aromatic carbocycles. The molecular weight excluding hydrogens is 342 g/mol. The summed E-state index contributed by atoms with van der Waals surface area (Å²) in [6.07, 6.45) is 7.79. The first-order valence-corrected chi connectivity index (χ1v) is 9.12. The molecule has 1 saturated carbocycles. The van der Waals surface area contributed by atoms with Crippen LogP contribution in [0.25, 0.3) is 16.8 Å². The molecule has 0 bridgehead atoms. The molecule has 136 valence electrons. The highest BCUT2D eigenvalue weighted by atomic mass is 16.2. The van der Waals surface area contributed by atoms with E-state index in [0.717, 1.165) is 29.6 Å². The molecule has 4 heterocycles. The minimum atomic E-state index is -0.890. The predicted octanol–water partition coefficient (Wildman–Crippen LogP) is 2.09. The van der Waals surface area contributed by atoms with Gasteiger partial charge in [0.2, 0.25) is 5.91 Å². The molecule has 0 N–H and O–H groups in total. The van der Waals surface area contributed by atoms with Crippen LogP contribution in [0.5, 0.6) is 0 Å². The van der Waals surface area contributed by atoms with Crippen LogP contribution in [0.15, 0.2) is 24.7 Å². The third kappa shape index (κ3) is 2.14. The molecule has 1 saturated heterocycles. The Labute approximate surface area is 156 Å². The number of hydrogen-bond acceptors (Lipinski definition) is 5. The number of anilines is 1. The normalized spacial score (nSPS) is 22.6. The lowest BCUT2D eigenvalue weighted by molar-refractivity contribution is -0.123. The minimum absolute atomic E-state index is 0.122. The van der Waals surface area contributed by atoms with Gasteiger partial charge in [0.15, 0.2) is 5.82 Å². The Morgan fingerprint density at radius 1 is 1.33 bits per heavy atom. The molecule has 8 nitrogen and oxygen atoms in total. The molecule has 1 atom stereocenters. The molecule has 1 aliphatic heterocycles. The van der Waals surface area contributed by atoms with Crippen LogP contribution in [0.3, 0.4) is 0 Å². The Kier molecular flexibility index (Phi) is 3.20. The van der Waals surface area contributed by atoms with E-state index in [0.29, 0.717) is 24.5 Å². The van der Waals surface area contributed by atoms with Gasteiger partial charge in [0.05, 0.1) is 30.4 Å². The lowest BCUT2D eigenvalue weighted by Gasteiger charge is -2.21. The van der Waals surface area contributed by atoms with Crippen molar-refractivity contribution in [2.75, 3.05) is 11.4 Å². The van der Waals surface area contributed by atoms with Gasteiger partial charge in [0.25, 0.3) is 0 Å². The van der Waals surface area contributed by atoms with Crippen molar-refractivity contribution in [2.24, 2.45) is 18.4 Å². The van der Waals surface area contributed by atoms with Crippen LogP contribution in [0.4, 0.5) is 5.82 Å². The van der Waals surface area contributed by atoms with Crippen LogP contribution in [-0.4, -0.2) is 36.8 Å². The van der Waals surface area contributed by atoms with E-state index in [1.165, 1.54) is 0 Å². The van der Waals surface area contributed by atoms with Crippen molar-refractivity contribution in [3.05, 3.63) is 30.4 Å². The molecule has 1 aliphatic carbocycles. The van der Waals surface area contributed by atoms with Gasteiger partial charge in [-0.1, -0.05) is 0 Å². The van der Waals surface area contributed by atoms with Gasteiger partial charge < -0.3 is 0 Å².